The van der Waals surface area contributed by atoms with E-state index >= 15 is 0 Å². The second-order valence-corrected chi connectivity index (χ2v) is 5.56. The molecule has 1 amide bonds. The third-order valence-electron chi connectivity index (χ3n) is 3.14. The fourth-order valence-electron chi connectivity index (χ4n) is 2.06. The molecule has 5 nitrogen and oxygen atoms in total. The number of halogens is 1. The van der Waals surface area contributed by atoms with E-state index in [2.05, 4.69) is 31.2 Å². The zero-order valence-corrected chi connectivity index (χ0v) is 12.5. The average molecular weight is 346 g/mol. The highest BCUT2D eigenvalue weighted by Gasteiger charge is 2.07. The van der Waals surface area contributed by atoms with Crippen LogP contribution in [0.25, 0.3) is 11.0 Å². The van der Waals surface area contributed by atoms with E-state index < -0.39 is 0 Å². The van der Waals surface area contributed by atoms with Crippen LogP contribution in [0.4, 0.5) is 0 Å². The van der Waals surface area contributed by atoms with Gasteiger partial charge in [-0.3, -0.25) is 4.79 Å². The number of carbonyl (C=O) groups excluding carboxylic acids is 1. The van der Waals surface area contributed by atoms with E-state index in [0.717, 1.165) is 10.0 Å². The number of hydrogen-bond acceptors (Lipinski definition) is 2. The Balaban J connectivity index is 1.74. The van der Waals surface area contributed by atoms with Crippen LogP contribution in [0.5, 0.6) is 0 Å². The standard InChI is InChI=1S/C15H12BrN3O2/c16-11-4-1-9(2-5-11)8-17-14(20)10-3-6-12-13(7-10)19-15(21)18-12/h1-7H,8H2,(H,17,20)(H2,18,19,21). The molecule has 106 valence electrons. The van der Waals surface area contributed by atoms with Gasteiger partial charge >= 0.3 is 5.69 Å². The minimum absolute atomic E-state index is 0.179. The van der Waals surface area contributed by atoms with Gasteiger partial charge in [0.15, 0.2) is 0 Å². The number of aromatic nitrogens is 2. The molecule has 6 heteroatoms. The van der Waals surface area contributed by atoms with Crippen LogP contribution in [0.15, 0.2) is 51.7 Å². The van der Waals surface area contributed by atoms with Gasteiger partial charge in [0, 0.05) is 16.6 Å². The van der Waals surface area contributed by atoms with E-state index in [1.165, 1.54) is 0 Å². The Kier molecular flexibility index (Phi) is 3.62. The van der Waals surface area contributed by atoms with E-state index in [9.17, 15) is 9.59 Å². The van der Waals surface area contributed by atoms with Crippen LogP contribution >= 0.6 is 15.9 Å². The molecule has 0 aliphatic rings. The first kappa shape index (κ1) is 13.6. The lowest BCUT2D eigenvalue weighted by Gasteiger charge is -2.05. The molecule has 2 aromatic carbocycles. The fourth-order valence-corrected chi connectivity index (χ4v) is 2.32. The molecule has 1 heterocycles. The molecule has 0 radical (unpaired) electrons. The molecule has 0 saturated heterocycles. The van der Waals surface area contributed by atoms with Gasteiger partial charge < -0.3 is 15.3 Å². The lowest BCUT2D eigenvalue weighted by Crippen LogP contribution is -2.22. The summed E-state index contributed by atoms with van der Waals surface area (Å²) in [7, 11) is 0. The zero-order chi connectivity index (χ0) is 14.8. The van der Waals surface area contributed by atoms with Crippen molar-refractivity contribution < 1.29 is 4.79 Å². The van der Waals surface area contributed by atoms with Crippen molar-refractivity contribution in [1.29, 1.82) is 0 Å². The van der Waals surface area contributed by atoms with Crippen molar-refractivity contribution in [1.82, 2.24) is 15.3 Å². The Morgan fingerprint density at radius 1 is 1.05 bits per heavy atom. The molecule has 0 unspecified atom stereocenters. The summed E-state index contributed by atoms with van der Waals surface area (Å²) in [4.78, 5) is 28.6. The topological polar surface area (TPSA) is 77.8 Å². The molecular weight excluding hydrogens is 334 g/mol. The van der Waals surface area contributed by atoms with Crippen molar-refractivity contribution in [3.05, 3.63) is 68.5 Å². The summed E-state index contributed by atoms with van der Waals surface area (Å²) in [5, 5.41) is 2.85. The monoisotopic (exact) mass is 345 g/mol. The molecule has 0 spiro atoms. The highest BCUT2D eigenvalue weighted by atomic mass is 79.9. The number of aromatic amines is 2. The maximum atomic E-state index is 12.1. The van der Waals surface area contributed by atoms with Gasteiger partial charge in [-0.1, -0.05) is 28.1 Å². The summed E-state index contributed by atoms with van der Waals surface area (Å²) in [6.07, 6.45) is 0. The molecule has 0 bridgehead atoms. The highest BCUT2D eigenvalue weighted by molar-refractivity contribution is 9.10. The number of H-pyrrole nitrogens is 2. The van der Waals surface area contributed by atoms with Crippen LogP contribution in [0.1, 0.15) is 15.9 Å². The maximum Gasteiger partial charge on any atom is 0.323 e. The van der Waals surface area contributed by atoms with Crippen molar-refractivity contribution in [2.24, 2.45) is 0 Å². The van der Waals surface area contributed by atoms with Crippen molar-refractivity contribution in [2.45, 2.75) is 6.54 Å². The average Bonchev–Trinajstić information content (AvgIpc) is 2.85. The molecule has 0 aliphatic heterocycles. The van der Waals surface area contributed by atoms with Gasteiger partial charge in [0.1, 0.15) is 0 Å². The largest absolute Gasteiger partial charge is 0.348 e. The minimum atomic E-state index is -0.280. The first-order chi connectivity index (χ1) is 10.1. The zero-order valence-electron chi connectivity index (χ0n) is 10.9. The molecule has 0 aliphatic carbocycles. The predicted molar refractivity (Wildman–Crippen MR) is 84.2 cm³/mol. The van der Waals surface area contributed by atoms with Gasteiger partial charge in [-0.25, -0.2) is 4.79 Å². The minimum Gasteiger partial charge on any atom is -0.348 e. The maximum absolute atomic E-state index is 12.1. The van der Waals surface area contributed by atoms with E-state index in [1.54, 1.807) is 18.2 Å². The molecule has 21 heavy (non-hydrogen) atoms. The summed E-state index contributed by atoms with van der Waals surface area (Å²) >= 11 is 3.37. The SMILES string of the molecule is O=C(NCc1ccc(Br)cc1)c1ccc2[nH]c(=O)[nH]c2c1. The molecule has 0 saturated carbocycles. The Hall–Kier alpha value is -2.34. The van der Waals surface area contributed by atoms with Gasteiger partial charge in [-0.05, 0) is 35.9 Å². The second kappa shape index (κ2) is 5.57. The van der Waals surface area contributed by atoms with Crippen molar-refractivity contribution in [3.63, 3.8) is 0 Å². The predicted octanol–water partition coefficient (Wildman–Crippen LogP) is 2.55. The molecular formula is C15H12BrN3O2. The van der Waals surface area contributed by atoms with Crippen molar-refractivity contribution in [2.75, 3.05) is 0 Å². The number of nitrogens with one attached hydrogen (secondary N) is 3. The van der Waals surface area contributed by atoms with Gasteiger partial charge in [0.25, 0.3) is 5.91 Å². The number of rotatable bonds is 3. The quantitative estimate of drug-likeness (QED) is 0.682. The van der Waals surface area contributed by atoms with Crippen LogP contribution in [0.2, 0.25) is 0 Å². The molecule has 3 rings (SSSR count). The number of carbonyl (C=O) groups is 1. The summed E-state index contributed by atoms with van der Waals surface area (Å²) in [6, 6.07) is 12.8. The number of imidazole rings is 1. The van der Waals surface area contributed by atoms with Crippen LogP contribution in [0.3, 0.4) is 0 Å². The van der Waals surface area contributed by atoms with Crippen LogP contribution in [0, 0.1) is 0 Å². The van der Waals surface area contributed by atoms with Crippen LogP contribution in [-0.4, -0.2) is 15.9 Å². The lowest BCUT2D eigenvalue weighted by molar-refractivity contribution is 0.0951. The van der Waals surface area contributed by atoms with Crippen LogP contribution < -0.4 is 11.0 Å². The number of fused-ring (bicyclic) bond motifs is 1. The Bertz CT molecular complexity index is 849. The Labute approximate surface area is 128 Å². The lowest BCUT2D eigenvalue weighted by atomic mass is 10.1. The third kappa shape index (κ3) is 3.05. The van der Waals surface area contributed by atoms with Gasteiger partial charge in [0.05, 0.1) is 11.0 Å². The van der Waals surface area contributed by atoms with Gasteiger partial charge in [-0.2, -0.15) is 0 Å². The summed E-state index contributed by atoms with van der Waals surface area (Å²) in [5.74, 6) is -0.179. The molecule has 0 atom stereocenters. The smallest absolute Gasteiger partial charge is 0.323 e. The first-order valence-corrected chi connectivity index (χ1v) is 7.16. The normalized spacial score (nSPS) is 10.7. The van der Waals surface area contributed by atoms with Gasteiger partial charge in [0.2, 0.25) is 0 Å². The molecule has 1 aromatic heterocycles. The summed E-state index contributed by atoms with van der Waals surface area (Å²) < 4.78 is 0.999. The van der Waals surface area contributed by atoms with E-state index in [-0.39, 0.29) is 11.6 Å². The number of benzene rings is 2. The third-order valence-corrected chi connectivity index (χ3v) is 3.67. The van der Waals surface area contributed by atoms with Crippen molar-refractivity contribution in [3.8, 4) is 0 Å². The first-order valence-electron chi connectivity index (χ1n) is 6.36. The Morgan fingerprint density at radius 3 is 2.52 bits per heavy atom. The van der Waals surface area contributed by atoms with E-state index in [4.69, 9.17) is 0 Å². The fraction of sp³-hybridized carbons (Fsp3) is 0.0667. The number of amides is 1. The van der Waals surface area contributed by atoms with Gasteiger partial charge in [-0.15, -0.1) is 0 Å². The van der Waals surface area contributed by atoms with Crippen LogP contribution in [-0.2, 0) is 6.54 Å². The van der Waals surface area contributed by atoms with E-state index in [0.29, 0.717) is 23.1 Å². The molecule has 3 aromatic rings. The Morgan fingerprint density at radius 2 is 1.76 bits per heavy atom. The molecule has 3 N–H and O–H groups in total. The molecule has 0 fully saturated rings. The second-order valence-electron chi connectivity index (χ2n) is 4.65. The highest BCUT2D eigenvalue weighted by Crippen LogP contribution is 2.12. The number of hydrogen-bond donors (Lipinski definition) is 3. The van der Waals surface area contributed by atoms with Crippen molar-refractivity contribution >= 4 is 32.9 Å². The summed E-state index contributed by atoms with van der Waals surface area (Å²) in [5.41, 5.74) is 2.55. The van der Waals surface area contributed by atoms with E-state index in [1.807, 2.05) is 24.3 Å². The summed E-state index contributed by atoms with van der Waals surface area (Å²) in [6.45, 7) is 0.452.